The molecule has 1 aliphatic heterocycles. The summed E-state index contributed by atoms with van der Waals surface area (Å²) in [5.74, 6) is 2.90. The van der Waals surface area contributed by atoms with Gasteiger partial charge in [-0.1, -0.05) is 12.2 Å². The van der Waals surface area contributed by atoms with Crippen LogP contribution >= 0.6 is 0 Å². The van der Waals surface area contributed by atoms with Gasteiger partial charge in [-0.2, -0.15) is 0 Å². The molecule has 0 radical (unpaired) electrons. The molecule has 0 aromatic rings. The predicted molar refractivity (Wildman–Crippen MR) is 36.0 cm³/mol. The van der Waals surface area contributed by atoms with Crippen LogP contribution in [0.5, 0.6) is 0 Å². The van der Waals surface area contributed by atoms with E-state index in [0.717, 1.165) is 23.8 Å². The van der Waals surface area contributed by atoms with Crippen LogP contribution in [0.1, 0.15) is 6.42 Å². The molecule has 1 N–H and O–H groups in total. The highest BCUT2D eigenvalue weighted by molar-refractivity contribution is 5.20. The normalized spacial score (nSPS) is 59.6. The van der Waals surface area contributed by atoms with Gasteiger partial charge < -0.3 is 5.32 Å². The molecule has 9 heavy (non-hydrogen) atoms. The zero-order chi connectivity index (χ0) is 5.84. The average Bonchev–Trinajstić information content (AvgIpc) is 2.18. The molecule has 1 saturated heterocycles. The number of rotatable bonds is 0. The van der Waals surface area contributed by atoms with Crippen LogP contribution in [-0.2, 0) is 0 Å². The summed E-state index contributed by atoms with van der Waals surface area (Å²) in [5, 5.41) is 3.49. The lowest BCUT2D eigenvalue weighted by molar-refractivity contribution is 0.216. The first-order chi connectivity index (χ1) is 4.45. The second-order valence-electron chi connectivity index (χ2n) is 3.55. The molecule has 2 aliphatic carbocycles. The van der Waals surface area contributed by atoms with Gasteiger partial charge >= 0.3 is 0 Å². The van der Waals surface area contributed by atoms with E-state index < -0.39 is 0 Å². The van der Waals surface area contributed by atoms with Gasteiger partial charge in [-0.05, 0) is 24.2 Å². The Hall–Kier alpha value is -0.300. The van der Waals surface area contributed by atoms with Crippen molar-refractivity contribution in [3.05, 3.63) is 12.2 Å². The summed E-state index contributed by atoms with van der Waals surface area (Å²) in [6, 6.07) is 0.889. The molecule has 48 valence electrons. The Morgan fingerprint density at radius 1 is 1.22 bits per heavy atom. The van der Waals surface area contributed by atoms with Crippen molar-refractivity contribution in [3.8, 4) is 0 Å². The Bertz CT molecular complexity index is 155. The molecule has 1 nitrogen and oxygen atoms in total. The predicted octanol–water partition coefficient (Wildman–Crippen LogP) is 0.780. The van der Waals surface area contributed by atoms with Crippen LogP contribution in [0.2, 0.25) is 0 Å². The minimum absolute atomic E-state index is 0.889. The fourth-order valence-electron chi connectivity index (χ4n) is 2.62. The van der Waals surface area contributed by atoms with Gasteiger partial charge in [0.05, 0.1) is 0 Å². The van der Waals surface area contributed by atoms with Crippen molar-refractivity contribution in [2.45, 2.75) is 12.5 Å². The third kappa shape index (κ3) is 0.379. The summed E-state index contributed by atoms with van der Waals surface area (Å²) in [6.07, 6.45) is 6.27. The molecule has 2 fully saturated rings. The van der Waals surface area contributed by atoms with Gasteiger partial charge in [0.1, 0.15) is 0 Å². The van der Waals surface area contributed by atoms with Gasteiger partial charge in [-0.15, -0.1) is 0 Å². The molecular formula is C8H11N. The zero-order valence-electron chi connectivity index (χ0n) is 5.38. The quantitative estimate of drug-likeness (QED) is 0.467. The summed E-state index contributed by atoms with van der Waals surface area (Å²) in [7, 11) is 0. The van der Waals surface area contributed by atoms with Crippen molar-refractivity contribution in [1.29, 1.82) is 0 Å². The second kappa shape index (κ2) is 1.24. The summed E-state index contributed by atoms with van der Waals surface area (Å²) < 4.78 is 0. The number of hydrogen-bond donors (Lipinski definition) is 1. The first-order valence-corrected chi connectivity index (χ1v) is 3.87. The molecule has 1 heterocycles. The lowest BCUT2D eigenvalue weighted by Crippen LogP contribution is -2.54. The van der Waals surface area contributed by atoms with Crippen molar-refractivity contribution in [1.82, 2.24) is 5.32 Å². The van der Waals surface area contributed by atoms with Crippen LogP contribution in [-0.4, -0.2) is 12.6 Å². The highest BCUT2D eigenvalue weighted by atomic mass is 15.0. The molecule has 0 spiro atoms. The zero-order valence-corrected chi connectivity index (χ0v) is 5.38. The second-order valence-corrected chi connectivity index (χ2v) is 3.55. The van der Waals surface area contributed by atoms with E-state index in [2.05, 4.69) is 17.5 Å². The topological polar surface area (TPSA) is 12.0 Å². The SMILES string of the molecule is C1=CC2CC1C1CNC21. The minimum atomic E-state index is 0.889. The Labute approximate surface area is 55.1 Å². The molecule has 1 heteroatoms. The largest absolute Gasteiger partial charge is 0.313 e. The maximum absolute atomic E-state index is 3.49. The van der Waals surface area contributed by atoms with Gasteiger partial charge in [0.25, 0.3) is 0 Å². The molecule has 0 aromatic carbocycles. The van der Waals surface area contributed by atoms with Gasteiger partial charge in [0.15, 0.2) is 0 Å². The number of allylic oxidation sites excluding steroid dienone is 1. The van der Waals surface area contributed by atoms with Crippen LogP contribution in [0.15, 0.2) is 12.2 Å². The average molecular weight is 121 g/mol. The van der Waals surface area contributed by atoms with Crippen LogP contribution in [0.3, 0.4) is 0 Å². The van der Waals surface area contributed by atoms with E-state index in [1.54, 1.807) is 0 Å². The molecule has 0 amide bonds. The van der Waals surface area contributed by atoms with Gasteiger partial charge in [0, 0.05) is 12.6 Å². The van der Waals surface area contributed by atoms with E-state index in [0.29, 0.717) is 0 Å². The highest BCUT2D eigenvalue weighted by Crippen LogP contribution is 2.47. The molecule has 1 saturated carbocycles. The van der Waals surface area contributed by atoms with Crippen LogP contribution in [0, 0.1) is 17.8 Å². The summed E-state index contributed by atoms with van der Waals surface area (Å²) in [6.45, 7) is 1.29. The summed E-state index contributed by atoms with van der Waals surface area (Å²) in [5.41, 5.74) is 0. The maximum atomic E-state index is 3.49. The first-order valence-electron chi connectivity index (χ1n) is 3.87. The lowest BCUT2D eigenvalue weighted by atomic mass is 9.83. The van der Waals surface area contributed by atoms with E-state index in [4.69, 9.17) is 0 Å². The highest BCUT2D eigenvalue weighted by Gasteiger charge is 2.49. The lowest BCUT2D eigenvalue weighted by Gasteiger charge is -2.38. The van der Waals surface area contributed by atoms with Crippen molar-refractivity contribution >= 4 is 0 Å². The van der Waals surface area contributed by atoms with Crippen LogP contribution in [0.4, 0.5) is 0 Å². The Balaban J connectivity index is 2.03. The molecule has 0 aromatic heterocycles. The maximum Gasteiger partial charge on any atom is 0.0176 e. The molecule has 4 unspecified atom stereocenters. The monoisotopic (exact) mass is 121 g/mol. The van der Waals surface area contributed by atoms with Crippen molar-refractivity contribution in [2.24, 2.45) is 17.8 Å². The van der Waals surface area contributed by atoms with E-state index in [9.17, 15) is 0 Å². The van der Waals surface area contributed by atoms with E-state index in [-0.39, 0.29) is 0 Å². The van der Waals surface area contributed by atoms with E-state index in [1.165, 1.54) is 13.0 Å². The molecule has 4 atom stereocenters. The Morgan fingerprint density at radius 2 is 2.11 bits per heavy atom. The third-order valence-electron chi connectivity index (χ3n) is 3.21. The van der Waals surface area contributed by atoms with Gasteiger partial charge in [-0.25, -0.2) is 0 Å². The van der Waals surface area contributed by atoms with Gasteiger partial charge in [0.2, 0.25) is 0 Å². The van der Waals surface area contributed by atoms with E-state index >= 15 is 0 Å². The molecular weight excluding hydrogens is 110 g/mol. The molecule has 3 aliphatic rings. The summed E-state index contributed by atoms with van der Waals surface area (Å²) in [4.78, 5) is 0. The Kier molecular flexibility index (Phi) is 0.620. The Morgan fingerprint density at radius 3 is 2.56 bits per heavy atom. The first kappa shape index (κ1) is 4.51. The smallest absolute Gasteiger partial charge is 0.0176 e. The minimum Gasteiger partial charge on any atom is -0.313 e. The van der Waals surface area contributed by atoms with Crippen LogP contribution in [0.25, 0.3) is 0 Å². The van der Waals surface area contributed by atoms with Crippen molar-refractivity contribution < 1.29 is 0 Å². The molecule has 2 bridgehead atoms. The van der Waals surface area contributed by atoms with Crippen LogP contribution < -0.4 is 5.32 Å². The fraction of sp³-hybridized carbons (Fsp3) is 0.750. The van der Waals surface area contributed by atoms with E-state index in [1.807, 2.05) is 0 Å². The van der Waals surface area contributed by atoms with Gasteiger partial charge in [-0.3, -0.25) is 0 Å². The number of nitrogens with one attached hydrogen (secondary N) is 1. The van der Waals surface area contributed by atoms with Crippen molar-refractivity contribution in [3.63, 3.8) is 0 Å². The standard InChI is InChI=1S/C8H11N/c1-2-6-3-5(1)7-4-9-8(6)7/h1-2,5-9H,3-4H2. The summed E-state index contributed by atoms with van der Waals surface area (Å²) >= 11 is 0. The third-order valence-corrected chi connectivity index (χ3v) is 3.21. The fourth-order valence-corrected chi connectivity index (χ4v) is 2.62. The molecule has 3 rings (SSSR count). The van der Waals surface area contributed by atoms with Crippen molar-refractivity contribution in [2.75, 3.05) is 6.54 Å². The number of fused-ring (bicyclic) bond motifs is 5. The number of hydrogen-bond acceptors (Lipinski definition) is 1.